The molecule has 2 fully saturated rings. The Kier molecular flexibility index (Phi) is 5.62. The first-order valence-corrected chi connectivity index (χ1v) is 13.3. The van der Waals surface area contributed by atoms with E-state index in [1.54, 1.807) is 0 Å². The van der Waals surface area contributed by atoms with Gasteiger partial charge in [-0.25, -0.2) is 0 Å². The van der Waals surface area contributed by atoms with E-state index >= 15 is 0 Å². The van der Waals surface area contributed by atoms with Crippen LogP contribution in [0.2, 0.25) is 0 Å². The summed E-state index contributed by atoms with van der Waals surface area (Å²) in [5.41, 5.74) is 3.32. The molecule has 4 heterocycles. The number of hydrogen-bond donors (Lipinski definition) is 2. The van der Waals surface area contributed by atoms with Crippen LogP contribution in [0.3, 0.4) is 0 Å². The lowest BCUT2D eigenvalue weighted by Crippen LogP contribution is -2.55. The molecular formula is C30H34N4O3. The van der Waals surface area contributed by atoms with Crippen LogP contribution >= 0.6 is 0 Å². The molecule has 3 aromatic rings. The molecule has 1 aromatic heterocycles. The minimum atomic E-state index is -0.430. The molecule has 0 saturated carbocycles. The van der Waals surface area contributed by atoms with E-state index in [4.69, 9.17) is 0 Å². The van der Waals surface area contributed by atoms with Crippen molar-refractivity contribution in [3.8, 4) is 0 Å². The quantitative estimate of drug-likeness (QED) is 0.515. The number of rotatable bonds is 5. The van der Waals surface area contributed by atoms with Gasteiger partial charge in [-0.15, -0.1) is 0 Å². The van der Waals surface area contributed by atoms with Crippen LogP contribution in [-0.4, -0.2) is 63.6 Å². The zero-order valence-corrected chi connectivity index (χ0v) is 21.7. The third-order valence-electron chi connectivity index (χ3n) is 8.44. The number of likely N-dealkylation sites (tertiary alicyclic amines) is 2. The molecule has 7 nitrogen and oxygen atoms in total. The van der Waals surface area contributed by atoms with Crippen LogP contribution in [0.1, 0.15) is 49.7 Å². The van der Waals surface area contributed by atoms with Crippen LogP contribution in [0.25, 0.3) is 10.9 Å². The second kappa shape index (κ2) is 8.75. The predicted octanol–water partition coefficient (Wildman–Crippen LogP) is 4.25. The minimum Gasteiger partial charge on any atom is -0.373 e. The van der Waals surface area contributed by atoms with Gasteiger partial charge < -0.3 is 20.1 Å². The van der Waals surface area contributed by atoms with Gasteiger partial charge in [0.05, 0.1) is 23.7 Å². The number of aromatic amines is 1. The lowest BCUT2D eigenvalue weighted by atomic mass is 9.76. The van der Waals surface area contributed by atoms with Gasteiger partial charge in [-0.1, -0.05) is 57.2 Å². The third-order valence-corrected chi connectivity index (χ3v) is 8.44. The van der Waals surface area contributed by atoms with Crippen molar-refractivity contribution in [3.05, 3.63) is 65.9 Å². The number of amides is 2. The number of nitrogens with zero attached hydrogens (tertiary/aromatic N) is 2. The molecule has 2 bridgehead atoms. The number of anilines is 1. The van der Waals surface area contributed by atoms with Crippen molar-refractivity contribution in [3.63, 3.8) is 0 Å². The van der Waals surface area contributed by atoms with Crippen LogP contribution in [0.4, 0.5) is 5.69 Å². The Bertz CT molecular complexity index is 1330. The highest BCUT2D eigenvalue weighted by molar-refractivity contribution is 6.01. The average molecular weight is 499 g/mol. The fraction of sp³-hybridized carbons (Fsp3) is 0.433. The molecule has 0 radical (unpaired) electrons. The maximum atomic E-state index is 13.9. The molecule has 0 spiro atoms. The summed E-state index contributed by atoms with van der Waals surface area (Å²) in [6.07, 6.45) is 1.67. The van der Waals surface area contributed by atoms with Gasteiger partial charge in [-0.05, 0) is 35.6 Å². The van der Waals surface area contributed by atoms with E-state index in [2.05, 4.69) is 16.4 Å². The van der Waals surface area contributed by atoms with Crippen molar-refractivity contribution < 1.29 is 14.4 Å². The van der Waals surface area contributed by atoms with Gasteiger partial charge in [0, 0.05) is 42.5 Å². The molecule has 0 aliphatic carbocycles. The highest BCUT2D eigenvalue weighted by atomic mass is 16.2. The zero-order chi connectivity index (χ0) is 25.9. The van der Waals surface area contributed by atoms with Crippen LogP contribution in [0.15, 0.2) is 54.6 Å². The number of carbonyl (C=O) groups excluding carboxylic acids is 3. The number of piperazine rings is 1. The van der Waals surface area contributed by atoms with Gasteiger partial charge in [-0.3, -0.25) is 14.4 Å². The van der Waals surface area contributed by atoms with E-state index in [-0.39, 0.29) is 47.6 Å². The monoisotopic (exact) mass is 498 g/mol. The Hall–Kier alpha value is -3.61. The lowest BCUT2D eigenvalue weighted by Gasteiger charge is -2.39. The Morgan fingerprint density at radius 3 is 2.38 bits per heavy atom. The first kappa shape index (κ1) is 23.8. The largest absolute Gasteiger partial charge is 0.373 e. The lowest BCUT2D eigenvalue weighted by molar-refractivity contribution is -0.145. The molecule has 2 amide bonds. The van der Waals surface area contributed by atoms with E-state index in [1.165, 1.54) is 5.56 Å². The average Bonchev–Trinajstić information content (AvgIpc) is 3.66. The first-order chi connectivity index (χ1) is 17.7. The Labute approximate surface area is 217 Å². The number of fused-ring (bicyclic) bond motifs is 4. The number of nitrogens with one attached hydrogen (secondary N) is 2. The summed E-state index contributed by atoms with van der Waals surface area (Å²) in [6, 6.07) is 17.6. The van der Waals surface area contributed by atoms with Crippen LogP contribution in [0, 0.1) is 11.3 Å². The molecule has 37 heavy (non-hydrogen) atoms. The molecule has 3 aliphatic rings. The molecule has 2 saturated heterocycles. The highest BCUT2D eigenvalue weighted by Crippen LogP contribution is 2.38. The molecule has 4 atom stereocenters. The molecule has 2 N–H and O–H groups in total. The number of ketones is 1. The zero-order valence-electron chi connectivity index (χ0n) is 21.7. The number of Topliss-reactive ketones (excluding diaryl/α,β-unsaturated/α-hetero) is 1. The molecule has 3 aliphatic heterocycles. The Morgan fingerprint density at radius 1 is 0.973 bits per heavy atom. The molecule has 6 rings (SSSR count). The van der Waals surface area contributed by atoms with E-state index in [9.17, 15) is 14.4 Å². The minimum absolute atomic E-state index is 0.0123. The summed E-state index contributed by atoms with van der Waals surface area (Å²) >= 11 is 0. The van der Waals surface area contributed by atoms with Crippen molar-refractivity contribution in [2.75, 3.05) is 18.4 Å². The highest BCUT2D eigenvalue weighted by Gasteiger charge is 2.50. The first-order valence-electron chi connectivity index (χ1n) is 13.3. The number of benzene rings is 2. The van der Waals surface area contributed by atoms with Crippen LogP contribution < -0.4 is 5.32 Å². The van der Waals surface area contributed by atoms with Gasteiger partial charge in [-0.2, -0.15) is 0 Å². The van der Waals surface area contributed by atoms with Gasteiger partial charge >= 0.3 is 0 Å². The van der Waals surface area contributed by atoms with Crippen LogP contribution in [0.5, 0.6) is 0 Å². The summed E-state index contributed by atoms with van der Waals surface area (Å²) in [4.78, 5) is 47.6. The predicted molar refractivity (Wildman–Crippen MR) is 143 cm³/mol. The van der Waals surface area contributed by atoms with Crippen molar-refractivity contribution in [1.82, 2.24) is 14.8 Å². The molecule has 192 valence electrons. The molecule has 0 unspecified atom stereocenters. The van der Waals surface area contributed by atoms with Crippen molar-refractivity contribution >= 4 is 34.2 Å². The van der Waals surface area contributed by atoms with Gasteiger partial charge in [0.15, 0.2) is 5.78 Å². The van der Waals surface area contributed by atoms with Crippen LogP contribution in [-0.2, 0) is 16.0 Å². The SMILES string of the molecule is CC(C)(C)[C@H](CC(=O)c1cc2ccccc2[nH]1)C(=O)N1C[C@@H]2C[C@H]1CN2C(=O)[C@H]1Cc2ccccc2N1. The Morgan fingerprint density at radius 2 is 1.68 bits per heavy atom. The number of aromatic nitrogens is 1. The number of para-hydroxylation sites is 2. The van der Waals surface area contributed by atoms with Crippen molar-refractivity contribution in [2.45, 2.75) is 58.2 Å². The topological polar surface area (TPSA) is 85.5 Å². The fourth-order valence-corrected chi connectivity index (χ4v) is 6.34. The van der Waals surface area contributed by atoms with Gasteiger partial charge in [0.25, 0.3) is 0 Å². The van der Waals surface area contributed by atoms with E-state index < -0.39 is 5.92 Å². The second-order valence-corrected chi connectivity index (χ2v) is 11.9. The van der Waals surface area contributed by atoms with Crippen molar-refractivity contribution in [1.29, 1.82) is 0 Å². The van der Waals surface area contributed by atoms with E-state index in [1.807, 2.05) is 79.1 Å². The maximum Gasteiger partial charge on any atom is 0.245 e. The van der Waals surface area contributed by atoms with Gasteiger partial charge in [0.2, 0.25) is 11.8 Å². The third kappa shape index (κ3) is 4.20. The number of carbonyl (C=O) groups is 3. The van der Waals surface area contributed by atoms with Gasteiger partial charge in [0.1, 0.15) is 6.04 Å². The molecule has 7 heteroatoms. The number of hydrogen-bond acceptors (Lipinski definition) is 4. The normalized spacial score (nSPS) is 23.3. The second-order valence-electron chi connectivity index (χ2n) is 11.9. The standard InChI is InChI=1S/C30H34N4O3/c1-30(2,3)22(15-27(35)25-12-18-8-4-6-10-23(18)31-25)28(36)33-16-21-14-20(33)17-34(21)29(37)26-13-19-9-5-7-11-24(19)32-26/h4-12,20-22,26,31-32H,13-17H2,1-3H3/t20-,21-,22+,26+/m0/s1. The summed E-state index contributed by atoms with van der Waals surface area (Å²) in [5, 5.41) is 4.37. The summed E-state index contributed by atoms with van der Waals surface area (Å²) < 4.78 is 0. The Balaban J connectivity index is 1.13. The van der Waals surface area contributed by atoms with E-state index in [0.29, 0.717) is 25.2 Å². The summed E-state index contributed by atoms with van der Waals surface area (Å²) in [5.74, 6) is -0.321. The maximum absolute atomic E-state index is 13.9. The van der Waals surface area contributed by atoms with E-state index in [0.717, 1.165) is 23.0 Å². The summed E-state index contributed by atoms with van der Waals surface area (Å²) in [7, 11) is 0. The number of H-pyrrole nitrogens is 1. The molecule has 2 aromatic carbocycles. The smallest absolute Gasteiger partial charge is 0.245 e. The van der Waals surface area contributed by atoms with Crippen molar-refractivity contribution in [2.24, 2.45) is 11.3 Å². The molecular weight excluding hydrogens is 464 g/mol. The fourth-order valence-electron chi connectivity index (χ4n) is 6.34. The summed E-state index contributed by atoms with van der Waals surface area (Å²) in [6.45, 7) is 7.20.